The summed E-state index contributed by atoms with van der Waals surface area (Å²) in [5, 5.41) is 27.4. The average Bonchev–Trinajstić information content (AvgIpc) is 3.60. The Morgan fingerprint density at radius 2 is 1.97 bits per heavy atom. The van der Waals surface area contributed by atoms with Crippen LogP contribution in [0.4, 0.5) is 5.69 Å². The number of aliphatic hydroxyl groups is 1. The van der Waals surface area contributed by atoms with Crippen LogP contribution in [0.5, 0.6) is 5.75 Å². The van der Waals surface area contributed by atoms with Crippen molar-refractivity contribution in [2.24, 2.45) is 0 Å². The van der Waals surface area contributed by atoms with Crippen LogP contribution in [0.25, 0.3) is 10.9 Å². The van der Waals surface area contributed by atoms with Crippen molar-refractivity contribution in [3.63, 3.8) is 0 Å². The van der Waals surface area contributed by atoms with Crippen LogP contribution < -0.4 is 15.4 Å². The van der Waals surface area contributed by atoms with Gasteiger partial charge >= 0.3 is 0 Å². The van der Waals surface area contributed by atoms with Crippen LogP contribution in [-0.2, 0) is 23.1 Å². The van der Waals surface area contributed by atoms with E-state index in [1.165, 1.54) is 10.9 Å². The van der Waals surface area contributed by atoms with E-state index in [0.29, 0.717) is 18.7 Å². The van der Waals surface area contributed by atoms with E-state index in [9.17, 15) is 9.90 Å². The second-order valence-electron chi connectivity index (χ2n) is 11.1. The van der Waals surface area contributed by atoms with E-state index in [1.807, 2.05) is 30.5 Å². The summed E-state index contributed by atoms with van der Waals surface area (Å²) in [6, 6.07) is 14.2. The van der Waals surface area contributed by atoms with Gasteiger partial charge in [0.05, 0.1) is 11.5 Å². The Balaban J connectivity index is 1.20. The van der Waals surface area contributed by atoms with Crippen LogP contribution >= 0.6 is 0 Å². The molecule has 4 N–H and O–H groups in total. The fourth-order valence-corrected chi connectivity index (χ4v) is 6.06. The molecule has 7 heteroatoms. The maximum atomic E-state index is 12.8. The lowest BCUT2D eigenvalue weighted by molar-refractivity contribution is -0.120. The molecule has 1 spiro atoms. The normalized spacial score (nSPS) is 17.1. The zero-order valence-electron chi connectivity index (χ0n) is 21.7. The zero-order chi connectivity index (χ0) is 26.0. The monoisotopic (exact) mass is 500 g/mol. The Hall–Kier alpha value is -3.34. The van der Waals surface area contributed by atoms with Crippen LogP contribution in [-0.4, -0.2) is 40.8 Å². The second kappa shape index (κ2) is 10.2. The Bertz CT molecular complexity index is 1330. The van der Waals surface area contributed by atoms with Crippen molar-refractivity contribution in [3.8, 4) is 11.8 Å². The Kier molecular flexibility index (Phi) is 6.98. The molecule has 0 bridgehead atoms. The summed E-state index contributed by atoms with van der Waals surface area (Å²) in [6.45, 7) is 4.80. The molecule has 0 saturated heterocycles. The van der Waals surface area contributed by atoms with Crippen molar-refractivity contribution in [1.82, 2.24) is 10.3 Å². The number of aromatic nitrogens is 1. The number of hydrogen-bond acceptors (Lipinski definition) is 5. The number of H-pyrrole nitrogens is 1. The van der Waals surface area contributed by atoms with Crippen LogP contribution in [0.2, 0.25) is 0 Å². The minimum Gasteiger partial charge on any atom is -0.490 e. The number of aryl methyl sites for hydroxylation is 1. The smallest absolute Gasteiger partial charge is 0.235 e. The molecule has 1 aromatic heterocycles. The maximum absolute atomic E-state index is 12.8. The van der Waals surface area contributed by atoms with E-state index in [4.69, 9.17) is 10.00 Å². The molecule has 1 fully saturated rings. The highest BCUT2D eigenvalue weighted by Crippen LogP contribution is 2.52. The van der Waals surface area contributed by atoms with Crippen LogP contribution in [0.1, 0.15) is 62.6 Å². The van der Waals surface area contributed by atoms with Crippen LogP contribution in [0, 0.1) is 11.3 Å². The molecule has 2 aromatic carbocycles. The molecule has 7 nitrogen and oxygen atoms in total. The van der Waals surface area contributed by atoms with Crippen molar-refractivity contribution < 1.29 is 14.6 Å². The lowest BCUT2D eigenvalue weighted by Crippen LogP contribution is -2.46. The van der Waals surface area contributed by atoms with Gasteiger partial charge in [-0.3, -0.25) is 4.79 Å². The summed E-state index contributed by atoms with van der Waals surface area (Å²) in [6.07, 6.45) is 7.15. The summed E-state index contributed by atoms with van der Waals surface area (Å²) in [5.41, 5.74) is 4.53. The minimum atomic E-state index is -0.694. The van der Waals surface area contributed by atoms with Crippen molar-refractivity contribution in [3.05, 3.63) is 59.3 Å². The van der Waals surface area contributed by atoms with Gasteiger partial charge in [0.15, 0.2) is 0 Å². The van der Waals surface area contributed by atoms with Gasteiger partial charge < -0.3 is 25.5 Å². The summed E-state index contributed by atoms with van der Waals surface area (Å²) >= 11 is 0. The van der Waals surface area contributed by atoms with E-state index in [-0.39, 0.29) is 18.1 Å². The number of carbonyl (C=O) groups is 1. The number of carbonyl (C=O) groups excluding carboxylic acids is 1. The first-order chi connectivity index (χ1) is 17.8. The van der Waals surface area contributed by atoms with Gasteiger partial charge in [0, 0.05) is 46.9 Å². The number of nitrogens with zero attached hydrogens (tertiary/aromatic N) is 1. The van der Waals surface area contributed by atoms with Crippen molar-refractivity contribution in [2.45, 2.75) is 75.9 Å². The molecular formula is C30H36N4O3. The predicted molar refractivity (Wildman–Crippen MR) is 145 cm³/mol. The first kappa shape index (κ1) is 25.3. The number of anilines is 1. The molecule has 3 aromatic rings. The lowest BCUT2D eigenvalue weighted by Gasteiger charge is -2.28. The van der Waals surface area contributed by atoms with Gasteiger partial charge in [-0.15, -0.1) is 0 Å². The SMILES string of the molecule is CC(C)(Cc1c[nH]c2c(CCC#N)cccc12)NC[C@H](O)COc1cccc2c1C1(CCCC1)C(=O)N2. The molecule has 0 radical (unpaired) electrons. The second-order valence-corrected chi connectivity index (χ2v) is 11.1. The van der Waals surface area contributed by atoms with Gasteiger partial charge in [0.25, 0.3) is 0 Å². The number of rotatable bonds is 10. The number of aromatic amines is 1. The Labute approximate surface area is 218 Å². The van der Waals surface area contributed by atoms with Gasteiger partial charge in [0.1, 0.15) is 18.5 Å². The quantitative estimate of drug-likeness (QED) is 0.321. The summed E-state index contributed by atoms with van der Waals surface area (Å²) < 4.78 is 6.11. The van der Waals surface area contributed by atoms with E-state index in [2.05, 4.69) is 47.7 Å². The number of fused-ring (bicyclic) bond motifs is 3. The molecule has 194 valence electrons. The molecule has 1 aliphatic carbocycles. The minimum absolute atomic E-state index is 0.0782. The van der Waals surface area contributed by atoms with Crippen LogP contribution in [0.3, 0.4) is 0 Å². The summed E-state index contributed by atoms with van der Waals surface area (Å²) in [5.74, 6) is 0.775. The first-order valence-electron chi connectivity index (χ1n) is 13.3. The molecule has 1 amide bonds. The molecule has 2 aliphatic rings. The average molecular weight is 501 g/mol. The van der Waals surface area contributed by atoms with Crippen molar-refractivity contribution >= 4 is 22.5 Å². The molecule has 1 saturated carbocycles. The van der Waals surface area contributed by atoms with E-state index < -0.39 is 11.5 Å². The highest BCUT2D eigenvalue weighted by atomic mass is 16.5. The van der Waals surface area contributed by atoms with Gasteiger partial charge in [-0.2, -0.15) is 5.26 Å². The third-order valence-corrected chi connectivity index (χ3v) is 7.92. The van der Waals surface area contributed by atoms with E-state index in [0.717, 1.165) is 60.9 Å². The first-order valence-corrected chi connectivity index (χ1v) is 13.3. The number of hydrogen-bond donors (Lipinski definition) is 4. The van der Waals surface area contributed by atoms with Crippen molar-refractivity contribution in [1.29, 1.82) is 5.26 Å². The summed E-state index contributed by atoms with van der Waals surface area (Å²) in [4.78, 5) is 16.2. The molecular weight excluding hydrogens is 464 g/mol. The molecule has 5 rings (SSSR count). The third-order valence-electron chi connectivity index (χ3n) is 7.92. The van der Waals surface area contributed by atoms with E-state index >= 15 is 0 Å². The molecule has 37 heavy (non-hydrogen) atoms. The van der Waals surface area contributed by atoms with E-state index in [1.54, 1.807) is 0 Å². The fourth-order valence-electron chi connectivity index (χ4n) is 6.06. The van der Waals surface area contributed by atoms with Gasteiger partial charge in [0.2, 0.25) is 5.91 Å². The largest absolute Gasteiger partial charge is 0.490 e. The highest BCUT2D eigenvalue weighted by Gasteiger charge is 2.50. The number of nitrogens with one attached hydrogen (secondary N) is 3. The number of β-amino-alcohol motifs (C(OH)–C–C–N with tert-alkyl or cyclic N) is 1. The topological polar surface area (TPSA) is 110 Å². The number of aliphatic hydroxyl groups excluding tert-OH is 1. The van der Waals surface area contributed by atoms with Gasteiger partial charge in [-0.25, -0.2) is 0 Å². The van der Waals surface area contributed by atoms with Gasteiger partial charge in [-0.1, -0.05) is 37.1 Å². The van der Waals surface area contributed by atoms with Crippen molar-refractivity contribution in [2.75, 3.05) is 18.5 Å². The fraction of sp³-hybridized carbons (Fsp3) is 0.467. The Morgan fingerprint density at radius 1 is 1.19 bits per heavy atom. The number of amides is 1. The zero-order valence-corrected chi connectivity index (χ0v) is 21.7. The third kappa shape index (κ3) is 4.96. The molecule has 1 aliphatic heterocycles. The van der Waals surface area contributed by atoms with Gasteiger partial charge in [-0.05, 0) is 62.8 Å². The predicted octanol–water partition coefficient (Wildman–Crippen LogP) is 4.74. The summed E-state index contributed by atoms with van der Waals surface area (Å²) in [7, 11) is 0. The molecule has 1 atom stereocenters. The number of nitriles is 1. The van der Waals surface area contributed by atoms with Crippen LogP contribution in [0.15, 0.2) is 42.6 Å². The Morgan fingerprint density at radius 3 is 2.76 bits per heavy atom. The number of para-hydroxylation sites is 1. The molecule has 2 heterocycles. The highest BCUT2D eigenvalue weighted by molar-refractivity contribution is 6.07. The maximum Gasteiger partial charge on any atom is 0.235 e. The number of benzene rings is 2. The molecule has 0 unspecified atom stereocenters. The number of ether oxygens (including phenoxy) is 1. The lowest BCUT2D eigenvalue weighted by atomic mass is 9.79. The standard InChI is InChI=1S/C30H36N4O3/c1-29(2,16-21-17-32-27-20(9-7-15-31)8-5-10-23(21)27)33-18-22(35)19-37-25-12-6-11-24-26(25)30(28(36)34-24)13-3-4-14-30/h5-6,8,10-12,17,22,32-33,35H,3-4,7,9,13-14,16,18-19H2,1-2H3,(H,34,36)/t22-/m0/s1.